The predicted octanol–water partition coefficient (Wildman–Crippen LogP) is 3.80. The minimum atomic E-state index is 0. The molecule has 1 saturated carbocycles. The van der Waals surface area contributed by atoms with Crippen LogP contribution in [-0.4, -0.2) is 34.2 Å². The number of imidazole rings is 1. The summed E-state index contributed by atoms with van der Waals surface area (Å²) >= 11 is 1.61. The lowest BCUT2D eigenvalue weighted by molar-refractivity contribution is -0.119. The van der Waals surface area contributed by atoms with Crippen molar-refractivity contribution in [1.29, 1.82) is 0 Å². The number of nitrogens with two attached hydrogens (primary N) is 1. The van der Waals surface area contributed by atoms with E-state index in [2.05, 4.69) is 22.2 Å². The molecule has 1 aliphatic carbocycles. The molecular weight excluding hydrogens is 368 g/mol. The van der Waals surface area contributed by atoms with Gasteiger partial charge in [0.15, 0.2) is 0 Å². The third-order valence-corrected chi connectivity index (χ3v) is 6.23. The van der Waals surface area contributed by atoms with Gasteiger partial charge in [0.1, 0.15) is 5.82 Å². The summed E-state index contributed by atoms with van der Waals surface area (Å²) < 4.78 is 0. The second-order valence-electron chi connectivity index (χ2n) is 6.90. The highest BCUT2D eigenvalue weighted by atomic mass is 35.5. The highest BCUT2D eigenvalue weighted by molar-refractivity contribution is 8.00. The van der Waals surface area contributed by atoms with Crippen LogP contribution in [0.5, 0.6) is 0 Å². The van der Waals surface area contributed by atoms with E-state index in [1.54, 1.807) is 11.8 Å². The van der Waals surface area contributed by atoms with Crippen molar-refractivity contribution in [2.45, 2.75) is 50.3 Å². The van der Waals surface area contributed by atoms with Gasteiger partial charge >= 0.3 is 0 Å². The molecular formula is C19H29ClN4OS. The first-order valence-electron chi connectivity index (χ1n) is 9.23. The van der Waals surface area contributed by atoms with Crippen molar-refractivity contribution in [3.63, 3.8) is 0 Å². The Morgan fingerprint density at radius 2 is 2.08 bits per heavy atom. The number of hydrogen-bond acceptors (Lipinski definition) is 4. The number of nitrogens with one attached hydrogen (secondary N) is 2. The summed E-state index contributed by atoms with van der Waals surface area (Å²) in [6.45, 7) is 2.61. The van der Waals surface area contributed by atoms with Gasteiger partial charge in [-0.05, 0) is 37.8 Å². The fraction of sp³-hybridized carbons (Fsp3) is 0.579. The first-order chi connectivity index (χ1) is 12.2. The van der Waals surface area contributed by atoms with Gasteiger partial charge < -0.3 is 16.0 Å². The Morgan fingerprint density at radius 1 is 1.35 bits per heavy atom. The van der Waals surface area contributed by atoms with Crippen molar-refractivity contribution in [1.82, 2.24) is 15.3 Å². The number of aromatic amines is 1. The quantitative estimate of drug-likeness (QED) is 0.664. The average molecular weight is 397 g/mol. The monoisotopic (exact) mass is 396 g/mol. The van der Waals surface area contributed by atoms with Crippen molar-refractivity contribution in [3.8, 4) is 0 Å². The number of benzene rings is 1. The molecule has 1 aromatic heterocycles. The molecule has 0 saturated heterocycles. The molecule has 1 heterocycles. The third-order valence-electron chi connectivity index (χ3n) is 5.08. The molecule has 7 heteroatoms. The lowest BCUT2D eigenvalue weighted by atomic mass is 9.84. The number of halogens is 1. The highest BCUT2D eigenvalue weighted by Gasteiger charge is 2.24. The van der Waals surface area contributed by atoms with Gasteiger partial charge in [-0.2, -0.15) is 0 Å². The van der Waals surface area contributed by atoms with Crippen LogP contribution in [-0.2, 0) is 4.79 Å². The molecule has 0 bridgehead atoms. The summed E-state index contributed by atoms with van der Waals surface area (Å²) in [5.41, 5.74) is 7.91. The molecule has 0 aliphatic heterocycles. The van der Waals surface area contributed by atoms with Crippen molar-refractivity contribution >= 4 is 41.1 Å². The number of fused-ring (bicyclic) bond motifs is 1. The summed E-state index contributed by atoms with van der Waals surface area (Å²) in [5, 5.41) is 3.30. The maximum absolute atomic E-state index is 12.3. The molecule has 1 fully saturated rings. The summed E-state index contributed by atoms with van der Waals surface area (Å²) in [6, 6.07) is 8.11. The molecule has 4 N–H and O–H groups in total. The topological polar surface area (TPSA) is 83.8 Å². The molecule has 5 nitrogen and oxygen atoms in total. The molecule has 1 amide bonds. The van der Waals surface area contributed by atoms with Crippen LogP contribution in [0.1, 0.15) is 50.1 Å². The van der Waals surface area contributed by atoms with Gasteiger partial charge in [-0.15, -0.1) is 24.2 Å². The number of carbonyl (C=O) groups is 1. The first kappa shape index (κ1) is 21.1. The fourth-order valence-electron chi connectivity index (χ4n) is 3.60. The second kappa shape index (κ2) is 10.2. The Morgan fingerprint density at radius 3 is 2.77 bits per heavy atom. The van der Waals surface area contributed by atoms with Crippen LogP contribution in [0.25, 0.3) is 11.0 Å². The zero-order chi connectivity index (χ0) is 17.6. The first-order valence-corrected chi connectivity index (χ1v) is 10.3. The Labute approximate surface area is 165 Å². The summed E-state index contributed by atoms with van der Waals surface area (Å²) in [4.78, 5) is 20.3. The molecule has 1 aliphatic rings. The van der Waals surface area contributed by atoms with Gasteiger partial charge in [0.2, 0.25) is 5.91 Å². The average Bonchev–Trinajstić information content (AvgIpc) is 3.09. The Hall–Kier alpha value is -1.24. The number of carbonyl (C=O) groups excluding carboxylic acids is 1. The van der Waals surface area contributed by atoms with Gasteiger partial charge in [-0.3, -0.25) is 4.79 Å². The van der Waals surface area contributed by atoms with Crippen LogP contribution in [0.2, 0.25) is 0 Å². The van der Waals surface area contributed by atoms with E-state index in [0.717, 1.165) is 16.9 Å². The number of para-hydroxylation sites is 2. The van der Waals surface area contributed by atoms with Crippen LogP contribution in [0.4, 0.5) is 0 Å². The summed E-state index contributed by atoms with van der Waals surface area (Å²) in [7, 11) is 0. The molecule has 3 rings (SSSR count). The van der Waals surface area contributed by atoms with Gasteiger partial charge in [-0.25, -0.2) is 4.98 Å². The normalized spacial score (nSPS) is 17.5. The molecule has 1 aromatic carbocycles. The zero-order valence-corrected chi connectivity index (χ0v) is 16.9. The number of rotatable bonds is 7. The van der Waals surface area contributed by atoms with Gasteiger partial charge in [0.25, 0.3) is 0 Å². The molecule has 26 heavy (non-hydrogen) atoms. The lowest BCUT2D eigenvalue weighted by Crippen LogP contribution is -2.46. The maximum atomic E-state index is 12.3. The van der Waals surface area contributed by atoms with Crippen molar-refractivity contribution in [2.24, 2.45) is 11.7 Å². The fourth-order valence-corrected chi connectivity index (χ4v) is 4.35. The number of hydrogen-bond donors (Lipinski definition) is 3. The molecule has 2 aromatic rings. The molecule has 2 atom stereocenters. The standard InChI is InChI=1S/C19H28N4OS.ClH/c1-13(19-22-15-9-5-6-10-16(15)23-19)25-12-18(24)21-17(11-20)14-7-3-2-4-8-14;/h5-6,9-10,13-14,17H,2-4,7-8,11-12,20H2,1H3,(H,21,24)(H,22,23);1H. The number of H-pyrrole nitrogens is 1. The smallest absolute Gasteiger partial charge is 0.230 e. The molecule has 0 spiro atoms. The van der Waals surface area contributed by atoms with Crippen LogP contribution < -0.4 is 11.1 Å². The van der Waals surface area contributed by atoms with Crippen molar-refractivity contribution in [2.75, 3.05) is 12.3 Å². The van der Waals surface area contributed by atoms with E-state index in [0.29, 0.717) is 18.2 Å². The van der Waals surface area contributed by atoms with E-state index >= 15 is 0 Å². The van der Waals surface area contributed by atoms with Gasteiger partial charge in [-0.1, -0.05) is 31.4 Å². The van der Waals surface area contributed by atoms with E-state index in [1.165, 1.54) is 32.1 Å². The molecule has 2 unspecified atom stereocenters. The van der Waals surface area contributed by atoms with Crippen molar-refractivity contribution in [3.05, 3.63) is 30.1 Å². The highest BCUT2D eigenvalue weighted by Crippen LogP contribution is 2.28. The van der Waals surface area contributed by atoms with E-state index in [4.69, 9.17) is 5.73 Å². The molecule has 0 radical (unpaired) electrons. The third kappa shape index (κ3) is 5.38. The summed E-state index contributed by atoms with van der Waals surface area (Å²) in [6.07, 6.45) is 6.20. The van der Waals surface area contributed by atoms with Crippen LogP contribution in [0, 0.1) is 5.92 Å². The SMILES string of the molecule is CC(SCC(=O)NC(CN)C1CCCCC1)c1nc2ccccc2[nH]1.Cl. The number of nitrogens with zero attached hydrogens (tertiary/aromatic N) is 1. The predicted molar refractivity (Wildman–Crippen MR) is 112 cm³/mol. The number of aromatic nitrogens is 2. The zero-order valence-electron chi connectivity index (χ0n) is 15.2. The second-order valence-corrected chi connectivity index (χ2v) is 8.23. The van der Waals surface area contributed by atoms with Crippen LogP contribution in [0.15, 0.2) is 24.3 Å². The van der Waals surface area contributed by atoms with E-state index in [-0.39, 0.29) is 29.6 Å². The van der Waals surface area contributed by atoms with E-state index in [9.17, 15) is 4.79 Å². The maximum Gasteiger partial charge on any atom is 0.230 e. The Kier molecular flexibility index (Phi) is 8.25. The number of amides is 1. The Bertz CT molecular complexity index is 669. The van der Waals surface area contributed by atoms with Gasteiger partial charge in [0.05, 0.1) is 22.0 Å². The Balaban J connectivity index is 0.00000243. The largest absolute Gasteiger partial charge is 0.351 e. The minimum Gasteiger partial charge on any atom is -0.351 e. The van der Waals surface area contributed by atoms with E-state index < -0.39 is 0 Å². The van der Waals surface area contributed by atoms with E-state index in [1.807, 2.05) is 24.3 Å². The molecule has 144 valence electrons. The van der Waals surface area contributed by atoms with Crippen molar-refractivity contribution < 1.29 is 4.79 Å². The van der Waals surface area contributed by atoms with Crippen LogP contribution in [0.3, 0.4) is 0 Å². The van der Waals surface area contributed by atoms with Crippen LogP contribution >= 0.6 is 24.2 Å². The summed E-state index contributed by atoms with van der Waals surface area (Å²) in [5.74, 6) is 1.97. The number of thioether (sulfide) groups is 1. The van der Waals surface area contributed by atoms with Gasteiger partial charge in [0, 0.05) is 12.6 Å². The minimum absolute atomic E-state index is 0. The lowest BCUT2D eigenvalue weighted by Gasteiger charge is -2.30.